The van der Waals surface area contributed by atoms with Crippen LogP contribution in [0.1, 0.15) is 31.4 Å². The molecular weight excluding hydrogens is 610 g/mol. The summed E-state index contributed by atoms with van der Waals surface area (Å²) in [6.45, 7) is 3.31. The van der Waals surface area contributed by atoms with Crippen molar-refractivity contribution in [2.75, 3.05) is 18.0 Å². The quantitative estimate of drug-likeness (QED) is 0.179. The number of methoxy groups -OCH3 is 1. The number of carbonyl (C=O) groups excluding carboxylic acids is 2. The third-order valence-electron chi connectivity index (χ3n) is 7.49. The van der Waals surface area contributed by atoms with Crippen LogP contribution in [0.3, 0.4) is 0 Å². The van der Waals surface area contributed by atoms with E-state index in [-0.39, 0.29) is 40.5 Å². The molecule has 0 aromatic heterocycles. The lowest BCUT2D eigenvalue weighted by molar-refractivity contribution is -0.140. The van der Waals surface area contributed by atoms with Gasteiger partial charge in [-0.2, -0.15) is 0 Å². The molecule has 4 rings (SSSR count). The average molecular weight is 648 g/mol. The van der Waals surface area contributed by atoms with Crippen LogP contribution in [0.15, 0.2) is 114 Å². The third kappa shape index (κ3) is 8.65. The molecule has 0 saturated carbocycles. The first kappa shape index (κ1) is 33.6. The van der Waals surface area contributed by atoms with E-state index in [1.807, 2.05) is 50.2 Å². The fraction of sp³-hybridized carbons (Fsp3) is 0.257. The SMILES string of the molecule is CC[C@@H](C)NC(=O)[C@H](Cc1ccccc1)N(Cc1cccc(OC)c1)C(=O)CN(c1ccccc1Cl)S(=O)(=O)c1ccccc1. The predicted octanol–water partition coefficient (Wildman–Crippen LogP) is 6.10. The molecule has 236 valence electrons. The van der Waals surface area contributed by atoms with Crippen LogP contribution >= 0.6 is 11.6 Å². The Bertz CT molecular complexity index is 1690. The van der Waals surface area contributed by atoms with Crippen LogP contribution in [0.25, 0.3) is 0 Å². The van der Waals surface area contributed by atoms with E-state index in [0.717, 1.165) is 9.87 Å². The third-order valence-corrected chi connectivity index (χ3v) is 9.58. The van der Waals surface area contributed by atoms with Gasteiger partial charge in [0.05, 0.1) is 22.7 Å². The highest BCUT2D eigenvalue weighted by Gasteiger charge is 2.35. The van der Waals surface area contributed by atoms with Gasteiger partial charge in [-0.3, -0.25) is 13.9 Å². The minimum atomic E-state index is -4.24. The molecule has 0 radical (unpaired) electrons. The van der Waals surface area contributed by atoms with E-state index >= 15 is 0 Å². The number of nitrogens with one attached hydrogen (secondary N) is 1. The molecule has 0 saturated heterocycles. The van der Waals surface area contributed by atoms with Gasteiger partial charge in [-0.1, -0.05) is 91.3 Å². The van der Waals surface area contributed by atoms with Crippen molar-refractivity contribution in [3.05, 3.63) is 125 Å². The van der Waals surface area contributed by atoms with Gasteiger partial charge in [-0.05, 0) is 60.9 Å². The van der Waals surface area contributed by atoms with Crippen LogP contribution in [0.2, 0.25) is 5.02 Å². The van der Waals surface area contributed by atoms with Crippen LogP contribution in [0.4, 0.5) is 5.69 Å². The minimum absolute atomic E-state index is 0.00687. The Morgan fingerprint density at radius 3 is 2.13 bits per heavy atom. The van der Waals surface area contributed by atoms with Crippen LogP contribution in [0, 0.1) is 0 Å². The number of sulfonamides is 1. The number of hydrogen-bond donors (Lipinski definition) is 1. The number of carbonyl (C=O) groups is 2. The van der Waals surface area contributed by atoms with Gasteiger partial charge in [0.1, 0.15) is 18.3 Å². The van der Waals surface area contributed by atoms with Crippen molar-refractivity contribution < 1.29 is 22.7 Å². The molecule has 1 N–H and O–H groups in total. The number of rotatable bonds is 14. The van der Waals surface area contributed by atoms with Crippen LogP contribution in [0.5, 0.6) is 5.75 Å². The lowest BCUT2D eigenvalue weighted by Gasteiger charge is -2.34. The molecule has 0 unspecified atom stereocenters. The zero-order valence-electron chi connectivity index (χ0n) is 25.6. The molecule has 4 aromatic carbocycles. The van der Waals surface area contributed by atoms with Gasteiger partial charge in [0.25, 0.3) is 10.0 Å². The smallest absolute Gasteiger partial charge is 0.264 e. The van der Waals surface area contributed by atoms with Gasteiger partial charge in [0, 0.05) is 19.0 Å². The molecular formula is C35H38ClN3O5S. The summed E-state index contributed by atoms with van der Waals surface area (Å²) in [5, 5.41) is 3.20. The van der Waals surface area contributed by atoms with Crippen LogP contribution in [-0.2, 0) is 32.6 Å². The van der Waals surface area contributed by atoms with Crippen molar-refractivity contribution in [3.8, 4) is 5.75 Å². The fourth-order valence-corrected chi connectivity index (χ4v) is 6.59. The molecule has 0 spiro atoms. The molecule has 0 aliphatic rings. The summed E-state index contributed by atoms with van der Waals surface area (Å²) < 4.78 is 34.6. The Morgan fingerprint density at radius 1 is 0.867 bits per heavy atom. The minimum Gasteiger partial charge on any atom is -0.497 e. The van der Waals surface area contributed by atoms with Crippen molar-refractivity contribution in [3.63, 3.8) is 0 Å². The highest BCUT2D eigenvalue weighted by Crippen LogP contribution is 2.31. The summed E-state index contributed by atoms with van der Waals surface area (Å²) in [6, 6.07) is 29.9. The molecule has 0 aliphatic carbocycles. The number of halogens is 1. The van der Waals surface area contributed by atoms with E-state index in [1.165, 1.54) is 17.0 Å². The molecule has 4 aromatic rings. The molecule has 2 amide bonds. The van der Waals surface area contributed by atoms with Crippen molar-refractivity contribution in [1.82, 2.24) is 10.2 Å². The first-order valence-electron chi connectivity index (χ1n) is 14.7. The number of ether oxygens (including phenoxy) is 1. The highest BCUT2D eigenvalue weighted by molar-refractivity contribution is 7.92. The Kier molecular flexibility index (Phi) is 11.6. The summed E-state index contributed by atoms with van der Waals surface area (Å²) in [6.07, 6.45) is 0.916. The predicted molar refractivity (Wildman–Crippen MR) is 178 cm³/mol. The molecule has 45 heavy (non-hydrogen) atoms. The number of amides is 2. The number of anilines is 1. The first-order valence-corrected chi connectivity index (χ1v) is 16.5. The molecule has 0 fully saturated rings. The van der Waals surface area contributed by atoms with Gasteiger partial charge in [-0.25, -0.2) is 8.42 Å². The summed E-state index contributed by atoms with van der Waals surface area (Å²) in [7, 11) is -2.68. The van der Waals surface area contributed by atoms with E-state index in [2.05, 4.69) is 5.32 Å². The normalized spacial score (nSPS) is 12.5. The molecule has 0 bridgehead atoms. The Labute approximate surface area is 270 Å². The molecule has 0 aliphatic heterocycles. The molecule has 2 atom stereocenters. The van der Waals surface area contributed by atoms with Gasteiger partial charge in [0.15, 0.2) is 0 Å². The number of benzene rings is 4. The summed E-state index contributed by atoms with van der Waals surface area (Å²) in [5.74, 6) is -0.315. The Morgan fingerprint density at radius 2 is 1.49 bits per heavy atom. The van der Waals surface area contributed by atoms with E-state index < -0.39 is 28.5 Å². The lowest BCUT2D eigenvalue weighted by atomic mass is 10.0. The van der Waals surface area contributed by atoms with Gasteiger partial charge < -0.3 is 15.0 Å². The van der Waals surface area contributed by atoms with Crippen LogP contribution < -0.4 is 14.4 Å². The van der Waals surface area contributed by atoms with E-state index in [0.29, 0.717) is 17.7 Å². The number of hydrogen-bond acceptors (Lipinski definition) is 5. The van der Waals surface area contributed by atoms with E-state index in [1.54, 1.807) is 67.8 Å². The Balaban J connectivity index is 1.82. The second-order valence-corrected chi connectivity index (χ2v) is 12.9. The lowest BCUT2D eigenvalue weighted by Crippen LogP contribution is -2.54. The standard InChI is InChI=1S/C35H38ClN3O5S/c1-4-26(2)37-35(41)33(23-27-14-7-5-8-15-27)38(24-28-16-13-17-29(22-28)44-3)34(40)25-39(32-21-12-11-20-31(32)36)45(42,43)30-18-9-6-10-19-30/h5-22,26,33H,4,23-25H2,1-3H3,(H,37,41)/t26-,33+/m1/s1. The zero-order valence-corrected chi connectivity index (χ0v) is 27.2. The fourth-order valence-electron chi connectivity index (χ4n) is 4.85. The molecule has 0 heterocycles. The largest absolute Gasteiger partial charge is 0.497 e. The van der Waals surface area contributed by atoms with Crippen molar-refractivity contribution >= 4 is 39.1 Å². The monoisotopic (exact) mass is 647 g/mol. The average Bonchev–Trinajstić information content (AvgIpc) is 3.06. The van der Waals surface area contributed by atoms with Crippen molar-refractivity contribution in [1.29, 1.82) is 0 Å². The van der Waals surface area contributed by atoms with Gasteiger partial charge in [-0.15, -0.1) is 0 Å². The van der Waals surface area contributed by atoms with Crippen molar-refractivity contribution in [2.24, 2.45) is 0 Å². The van der Waals surface area contributed by atoms with Crippen LogP contribution in [-0.4, -0.2) is 50.9 Å². The maximum absolute atomic E-state index is 14.5. The number of nitrogens with zero attached hydrogens (tertiary/aromatic N) is 2. The summed E-state index contributed by atoms with van der Waals surface area (Å²) in [4.78, 5) is 29.9. The molecule has 8 nitrogen and oxygen atoms in total. The van der Waals surface area contributed by atoms with Gasteiger partial charge >= 0.3 is 0 Å². The highest BCUT2D eigenvalue weighted by atomic mass is 35.5. The topological polar surface area (TPSA) is 96.0 Å². The second-order valence-electron chi connectivity index (χ2n) is 10.7. The summed E-state index contributed by atoms with van der Waals surface area (Å²) in [5.41, 5.74) is 1.72. The number of para-hydroxylation sites is 1. The van der Waals surface area contributed by atoms with E-state index in [4.69, 9.17) is 16.3 Å². The maximum atomic E-state index is 14.5. The van der Waals surface area contributed by atoms with E-state index in [9.17, 15) is 18.0 Å². The van der Waals surface area contributed by atoms with Crippen molar-refractivity contribution in [2.45, 2.75) is 50.2 Å². The van der Waals surface area contributed by atoms with Gasteiger partial charge in [0.2, 0.25) is 11.8 Å². The maximum Gasteiger partial charge on any atom is 0.264 e. The first-order chi connectivity index (χ1) is 21.6. The summed E-state index contributed by atoms with van der Waals surface area (Å²) >= 11 is 6.52. The molecule has 10 heteroatoms. The Hall–Kier alpha value is -4.34. The second kappa shape index (κ2) is 15.6. The zero-order chi connectivity index (χ0) is 32.4.